The molecule has 3 aromatic heterocycles. The Bertz CT molecular complexity index is 896. The van der Waals surface area contributed by atoms with Gasteiger partial charge in [0.1, 0.15) is 11.6 Å². The Labute approximate surface area is 192 Å². The second-order valence-corrected chi connectivity index (χ2v) is 7.44. The number of aromatic nitrogens is 4. The molecule has 0 aliphatic carbocycles. The summed E-state index contributed by atoms with van der Waals surface area (Å²) in [6.07, 6.45) is 1.64. The highest BCUT2D eigenvalue weighted by Gasteiger charge is 2.13. The zero-order valence-electron chi connectivity index (χ0n) is 17.2. The van der Waals surface area contributed by atoms with Crippen molar-refractivity contribution in [1.82, 2.24) is 30.6 Å². The van der Waals surface area contributed by atoms with Crippen LogP contribution in [0.3, 0.4) is 0 Å². The number of hydrogen-bond acceptors (Lipinski definition) is 6. The molecule has 10 heteroatoms. The summed E-state index contributed by atoms with van der Waals surface area (Å²) in [7, 11) is 1.96. The fourth-order valence-corrected chi connectivity index (χ4v) is 3.45. The van der Waals surface area contributed by atoms with Crippen molar-refractivity contribution in [3.63, 3.8) is 0 Å². The van der Waals surface area contributed by atoms with E-state index in [9.17, 15) is 0 Å². The molecule has 3 heterocycles. The summed E-state index contributed by atoms with van der Waals surface area (Å²) in [4.78, 5) is 6.02. The summed E-state index contributed by atoms with van der Waals surface area (Å²) in [6.45, 7) is 7.86. The first kappa shape index (κ1) is 23.3. The minimum absolute atomic E-state index is 0. The first-order chi connectivity index (χ1) is 13.6. The second-order valence-electron chi connectivity index (χ2n) is 6.41. The predicted molar refractivity (Wildman–Crippen MR) is 126 cm³/mol. The summed E-state index contributed by atoms with van der Waals surface area (Å²) in [5.74, 6) is 3.37. The Morgan fingerprint density at radius 1 is 1.21 bits per heavy atom. The van der Waals surface area contributed by atoms with E-state index in [-0.39, 0.29) is 24.0 Å². The van der Waals surface area contributed by atoms with Crippen LogP contribution in [0.5, 0.6) is 0 Å². The van der Waals surface area contributed by atoms with E-state index in [0.717, 1.165) is 47.5 Å². The number of thiophene rings is 1. The molecule has 0 amide bonds. The first-order valence-corrected chi connectivity index (χ1v) is 10.4. The number of aryl methyl sites for hydroxylation is 3. The van der Waals surface area contributed by atoms with Gasteiger partial charge in [-0.25, -0.2) is 4.99 Å². The van der Waals surface area contributed by atoms with Gasteiger partial charge in [0.25, 0.3) is 0 Å². The Morgan fingerprint density at radius 2 is 2.00 bits per heavy atom. The summed E-state index contributed by atoms with van der Waals surface area (Å²) in [6, 6.07) is 4.15. The van der Waals surface area contributed by atoms with Crippen molar-refractivity contribution in [2.24, 2.45) is 12.0 Å². The van der Waals surface area contributed by atoms with Gasteiger partial charge in [0.2, 0.25) is 0 Å². The molecule has 0 aromatic carbocycles. The smallest absolute Gasteiger partial charge is 0.192 e. The van der Waals surface area contributed by atoms with E-state index in [1.54, 1.807) is 11.3 Å². The first-order valence-electron chi connectivity index (χ1n) is 9.48. The van der Waals surface area contributed by atoms with Gasteiger partial charge in [-0.2, -0.15) is 0 Å². The fourth-order valence-electron chi connectivity index (χ4n) is 2.80. The molecule has 0 fully saturated rings. The van der Waals surface area contributed by atoms with E-state index in [1.165, 1.54) is 4.88 Å². The summed E-state index contributed by atoms with van der Waals surface area (Å²) >= 11 is 1.72. The molecular formula is C19H28IN7OS. The largest absolute Gasteiger partial charge is 0.361 e. The van der Waals surface area contributed by atoms with Crippen LogP contribution in [0.1, 0.15) is 47.4 Å². The summed E-state index contributed by atoms with van der Waals surface area (Å²) in [5.41, 5.74) is 2.05. The second kappa shape index (κ2) is 11.3. The maximum atomic E-state index is 5.45. The topological polar surface area (TPSA) is 93.2 Å². The Balaban J connectivity index is 0.00000300. The van der Waals surface area contributed by atoms with Gasteiger partial charge in [-0.05, 0) is 24.8 Å². The number of nitrogens with zero attached hydrogens (tertiary/aromatic N) is 5. The molecule has 0 spiro atoms. The van der Waals surface area contributed by atoms with Crippen LogP contribution in [0, 0.1) is 6.92 Å². The van der Waals surface area contributed by atoms with E-state index in [4.69, 9.17) is 9.52 Å². The molecule has 0 radical (unpaired) electrons. The van der Waals surface area contributed by atoms with Crippen molar-refractivity contribution in [3.8, 4) is 0 Å². The SMILES string of the molecule is CCc1noc(CC)c1CN=C(NCc1cccs1)NCc1nnc(C)n1C.I. The zero-order chi connectivity index (χ0) is 19.9. The molecule has 0 atom stereocenters. The van der Waals surface area contributed by atoms with Crippen molar-refractivity contribution in [2.45, 2.75) is 53.2 Å². The quantitative estimate of drug-likeness (QED) is 0.264. The molecule has 0 unspecified atom stereocenters. The molecule has 0 aliphatic heterocycles. The highest BCUT2D eigenvalue weighted by molar-refractivity contribution is 14.0. The Morgan fingerprint density at radius 3 is 2.62 bits per heavy atom. The molecule has 8 nitrogen and oxygen atoms in total. The van der Waals surface area contributed by atoms with Gasteiger partial charge in [0.15, 0.2) is 11.8 Å². The molecule has 29 heavy (non-hydrogen) atoms. The normalized spacial score (nSPS) is 11.4. The lowest BCUT2D eigenvalue weighted by atomic mass is 10.1. The van der Waals surface area contributed by atoms with Crippen molar-refractivity contribution in [2.75, 3.05) is 0 Å². The molecule has 0 aliphatic rings. The third kappa shape index (κ3) is 6.01. The van der Waals surface area contributed by atoms with E-state index in [2.05, 4.69) is 51.3 Å². The fraction of sp³-hybridized carbons (Fsp3) is 0.474. The molecule has 0 saturated carbocycles. The highest BCUT2D eigenvalue weighted by atomic mass is 127. The van der Waals surface area contributed by atoms with Crippen LogP contribution in [-0.2, 0) is 39.5 Å². The molecule has 158 valence electrons. The van der Waals surface area contributed by atoms with E-state index < -0.39 is 0 Å². The van der Waals surface area contributed by atoms with Crippen LogP contribution in [0.25, 0.3) is 0 Å². The Hall–Kier alpha value is -1.95. The molecular weight excluding hydrogens is 501 g/mol. The standard InChI is InChI=1S/C19H27N7OS.HI/c1-5-16-15(17(6-2)27-25-16)11-21-19(20-10-14-8-7-9-28-14)22-12-18-24-23-13(3)26(18)4;/h7-9H,5-6,10-12H2,1-4H3,(H2,20,21,22);1H. The average molecular weight is 529 g/mol. The lowest BCUT2D eigenvalue weighted by molar-refractivity contribution is 0.380. The number of aliphatic imine (C=N–C) groups is 1. The number of nitrogens with one attached hydrogen (secondary N) is 2. The van der Waals surface area contributed by atoms with E-state index in [1.807, 2.05) is 24.6 Å². The maximum absolute atomic E-state index is 5.45. The lowest BCUT2D eigenvalue weighted by Crippen LogP contribution is -2.37. The van der Waals surface area contributed by atoms with Gasteiger partial charge in [0.05, 0.1) is 25.3 Å². The summed E-state index contributed by atoms with van der Waals surface area (Å²) < 4.78 is 7.42. The lowest BCUT2D eigenvalue weighted by Gasteiger charge is -2.12. The van der Waals surface area contributed by atoms with Gasteiger partial charge in [0, 0.05) is 23.9 Å². The van der Waals surface area contributed by atoms with Crippen LogP contribution in [0.2, 0.25) is 0 Å². The Kier molecular flexibility index (Phi) is 9.08. The van der Waals surface area contributed by atoms with Gasteiger partial charge < -0.3 is 19.7 Å². The molecule has 3 rings (SSSR count). The van der Waals surface area contributed by atoms with Crippen molar-refractivity contribution < 1.29 is 4.52 Å². The van der Waals surface area contributed by atoms with Crippen LogP contribution >= 0.6 is 35.3 Å². The van der Waals surface area contributed by atoms with Gasteiger partial charge in [-0.15, -0.1) is 45.5 Å². The third-order valence-corrected chi connectivity index (χ3v) is 5.49. The van der Waals surface area contributed by atoms with Gasteiger partial charge >= 0.3 is 0 Å². The van der Waals surface area contributed by atoms with Crippen LogP contribution < -0.4 is 10.6 Å². The number of hydrogen-bond donors (Lipinski definition) is 2. The minimum atomic E-state index is 0. The number of guanidine groups is 1. The zero-order valence-corrected chi connectivity index (χ0v) is 20.4. The van der Waals surface area contributed by atoms with Crippen molar-refractivity contribution >= 4 is 41.3 Å². The number of rotatable bonds is 8. The third-order valence-electron chi connectivity index (χ3n) is 4.61. The van der Waals surface area contributed by atoms with E-state index >= 15 is 0 Å². The minimum Gasteiger partial charge on any atom is -0.361 e. The maximum Gasteiger partial charge on any atom is 0.192 e. The van der Waals surface area contributed by atoms with Gasteiger partial charge in [-0.1, -0.05) is 25.1 Å². The van der Waals surface area contributed by atoms with Crippen molar-refractivity contribution in [1.29, 1.82) is 0 Å². The van der Waals surface area contributed by atoms with Crippen molar-refractivity contribution in [3.05, 3.63) is 51.1 Å². The monoisotopic (exact) mass is 529 g/mol. The highest BCUT2D eigenvalue weighted by Crippen LogP contribution is 2.17. The van der Waals surface area contributed by atoms with Crippen LogP contribution in [0.4, 0.5) is 0 Å². The van der Waals surface area contributed by atoms with Crippen LogP contribution in [0.15, 0.2) is 27.0 Å². The predicted octanol–water partition coefficient (Wildman–Crippen LogP) is 3.35. The average Bonchev–Trinajstić information content (AvgIpc) is 3.43. The summed E-state index contributed by atoms with van der Waals surface area (Å²) in [5, 5.41) is 21.3. The van der Waals surface area contributed by atoms with Gasteiger partial charge in [-0.3, -0.25) is 0 Å². The molecule has 2 N–H and O–H groups in total. The molecule has 0 bridgehead atoms. The molecule has 3 aromatic rings. The van der Waals surface area contributed by atoms with E-state index in [0.29, 0.717) is 19.6 Å². The molecule has 0 saturated heterocycles. The van der Waals surface area contributed by atoms with Crippen LogP contribution in [-0.4, -0.2) is 25.9 Å². The number of halogens is 1.